The molecule has 0 spiro atoms. The van der Waals surface area contributed by atoms with Crippen LogP contribution in [0.4, 0.5) is 5.69 Å². The van der Waals surface area contributed by atoms with Gasteiger partial charge in [0.2, 0.25) is 0 Å². The lowest BCUT2D eigenvalue weighted by atomic mass is 9.85. The Morgan fingerprint density at radius 2 is 1.56 bits per heavy atom. The summed E-state index contributed by atoms with van der Waals surface area (Å²) in [6.45, 7) is 16.7. The molecule has 1 aliphatic heterocycles. The van der Waals surface area contributed by atoms with Gasteiger partial charge in [0.15, 0.2) is 0 Å². The van der Waals surface area contributed by atoms with Crippen molar-refractivity contribution in [1.29, 1.82) is 0 Å². The number of nitrogens with zero attached hydrogens (tertiary/aromatic N) is 1. The van der Waals surface area contributed by atoms with E-state index >= 15 is 0 Å². The van der Waals surface area contributed by atoms with Crippen molar-refractivity contribution in [1.82, 2.24) is 0 Å². The van der Waals surface area contributed by atoms with Crippen molar-refractivity contribution in [3.05, 3.63) is 64.0 Å². The van der Waals surface area contributed by atoms with E-state index in [0.717, 1.165) is 0 Å². The number of fused-ring (bicyclic) bond motifs is 4. The highest BCUT2D eigenvalue weighted by molar-refractivity contribution is 6.80. The Morgan fingerprint density at radius 3 is 2.16 bits per heavy atom. The molecule has 4 rings (SSSR count). The fraction of sp³-hybridized carbons (Fsp3) is 0.391. The maximum Gasteiger partial charge on any atom is 0.148 e. The zero-order chi connectivity index (χ0) is 18.1. The number of anilines is 1. The summed E-state index contributed by atoms with van der Waals surface area (Å²) in [6.07, 6.45) is 0. The van der Waals surface area contributed by atoms with Crippen LogP contribution < -0.4 is 15.0 Å². The Labute approximate surface area is 152 Å². The van der Waals surface area contributed by atoms with Crippen LogP contribution in [-0.4, -0.2) is 14.3 Å². The standard InChI is InChI=1S/C23H29NSi/c1-15-17-10-8-9-11-18(17)21-19-14-16(23(2,3)4)12-13-20(19)24(22(15)21)25(5,6)7/h8-14,22H,1-7H3. The average Bonchev–Trinajstić information content (AvgIpc) is 3.00. The highest BCUT2D eigenvalue weighted by Gasteiger charge is 2.43. The number of hydrogen-bond acceptors (Lipinski definition) is 1. The number of benzene rings is 2. The molecule has 130 valence electrons. The summed E-state index contributed by atoms with van der Waals surface area (Å²) in [5, 5.41) is 2.88. The molecule has 0 N–H and O–H groups in total. The zero-order valence-corrected chi connectivity index (χ0v) is 17.6. The molecule has 0 aromatic heterocycles. The third-order valence-electron chi connectivity index (χ3n) is 5.72. The van der Waals surface area contributed by atoms with Gasteiger partial charge in [0.25, 0.3) is 0 Å². The molecule has 0 radical (unpaired) electrons. The monoisotopic (exact) mass is 347 g/mol. The maximum absolute atomic E-state index is 2.76. The summed E-state index contributed by atoms with van der Waals surface area (Å²) in [6, 6.07) is 16.6. The summed E-state index contributed by atoms with van der Waals surface area (Å²) < 4.78 is 2.76. The lowest BCUT2D eigenvalue weighted by Crippen LogP contribution is -2.50. The largest absolute Gasteiger partial charge is 0.387 e. The molecular formula is C23H29NSi. The maximum atomic E-state index is 2.76. The summed E-state index contributed by atoms with van der Waals surface area (Å²) in [5.41, 5.74) is 7.56. The highest BCUT2D eigenvalue weighted by Crippen LogP contribution is 2.46. The van der Waals surface area contributed by atoms with Gasteiger partial charge < -0.3 is 4.57 Å². The first-order chi connectivity index (χ1) is 11.6. The van der Waals surface area contributed by atoms with Crippen LogP contribution in [0.25, 0.3) is 11.1 Å². The number of hydrogen-bond donors (Lipinski definition) is 0. The van der Waals surface area contributed by atoms with E-state index in [1.165, 1.54) is 38.4 Å². The van der Waals surface area contributed by atoms with Crippen LogP contribution in [-0.2, 0) is 5.41 Å². The van der Waals surface area contributed by atoms with Crippen LogP contribution >= 0.6 is 0 Å². The van der Waals surface area contributed by atoms with Crippen molar-refractivity contribution in [2.24, 2.45) is 0 Å². The molecule has 2 heteroatoms. The van der Waals surface area contributed by atoms with Gasteiger partial charge in [-0.05, 0) is 51.6 Å². The van der Waals surface area contributed by atoms with E-state index in [2.05, 4.69) is 94.4 Å². The highest BCUT2D eigenvalue weighted by atomic mass is 28.3. The van der Waals surface area contributed by atoms with Crippen molar-refractivity contribution in [3.8, 4) is 0 Å². The average molecular weight is 348 g/mol. The van der Waals surface area contributed by atoms with E-state index in [4.69, 9.17) is 0 Å². The fourth-order valence-electron chi connectivity index (χ4n) is 4.50. The van der Waals surface area contributed by atoms with E-state index in [1.54, 1.807) is 0 Å². The van der Waals surface area contributed by atoms with Crippen molar-refractivity contribution in [2.45, 2.75) is 58.8 Å². The van der Waals surface area contributed by atoms with Crippen molar-refractivity contribution >= 4 is 25.1 Å². The van der Waals surface area contributed by atoms with Crippen molar-refractivity contribution < 1.29 is 0 Å². The second-order valence-corrected chi connectivity index (χ2v) is 14.4. The van der Waals surface area contributed by atoms with Gasteiger partial charge in [0.1, 0.15) is 8.24 Å². The first kappa shape index (κ1) is 16.7. The second kappa shape index (κ2) is 5.11. The summed E-state index contributed by atoms with van der Waals surface area (Å²) in [4.78, 5) is 0. The molecule has 0 fully saturated rings. The molecule has 1 atom stereocenters. The van der Waals surface area contributed by atoms with E-state index < -0.39 is 8.24 Å². The quantitative estimate of drug-likeness (QED) is 0.692. The minimum Gasteiger partial charge on any atom is -0.387 e. The molecule has 1 nitrogen and oxygen atoms in total. The van der Waals surface area contributed by atoms with Crippen molar-refractivity contribution in [3.63, 3.8) is 0 Å². The SMILES string of the molecule is CC1=c2ccccc2=C2c3cc(C(C)(C)C)ccc3N([Si](C)(C)C)C12. The molecule has 0 amide bonds. The van der Waals surface area contributed by atoms with Crippen LogP contribution in [0.5, 0.6) is 0 Å². The van der Waals surface area contributed by atoms with Crippen LogP contribution in [0.1, 0.15) is 38.8 Å². The number of rotatable bonds is 1. The minimum absolute atomic E-state index is 0.175. The van der Waals surface area contributed by atoms with Crippen LogP contribution in [0, 0.1) is 0 Å². The van der Waals surface area contributed by atoms with Gasteiger partial charge in [-0.15, -0.1) is 0 Å². The predicted molar refractivity (Wildman–Crippen MR) is 112 cm³/mol. The van der Waals surface area contributed by atoms with Gasteiger partial charge in [0.05, 0.1) is 6.04 Å². The Hall–Kier alpha value is -1.80. The van der Waals surface area contributed by atoms with E-state index in [-0.39, 0.29) is 5.41 Å². The normalized spacial score (nSPS) is 19.2. The first-order valence-corrected chi connectivity index (χ1v) is 12.8. The molecule has 0 saturated carbocycles. The zero-order valence-electron chi connectivity index (χ0n) is 16.6. The fourth-order valence-corrected chi connectivity index (χ4v) is 6.52. The Bertz CT molecular complexity index is 986. The molecule has 2 aliphatic rings. The third-order valence-corrected chi connectivity index (χ3v) is 7.66. The molecule has 1 heterocycles. The molecule has 2 aromatic rings. The smallest absolute Gasteiger partial charge is 0.148 e. The molecule has 1 aliphatic carbocycles. The summed E-state index contributed by atoms with van der Waals surface area (Å²) in [5.74, 6) is 0. The van der Waals surface area contributed by atoms with E-state index in [0.29, 0.717) is 6.04 Å². The summed E-state index contributed by atoms with van der Waals surface area (Å²) >= 11 is 0. The lowest BCUT2D eigenvalue weighted by Gasteiger charge is -2.38. The molecule has 1 unspecified atom stereocenters. The van der Waals surface area contributed by atoms with Gasteiger partial charge in [-0.25, -0.2) is 0 Å². The minimum atomic E-state index is -1.51. The van der Waals surface area contributed by atoms with E-state index in [9.17, 15) is 0 Å². The third kappa shape index (κ3) is 2.34. The second-order valence-electron chi connectivity index (χ2n) is 9.57. The molecule has 0 saturated heterocycles. The lowest BCUT2D eigenvalue weighted by molar-refractivity contribution is 0.590. The first-order valence-electron chi connectivity index (χ1n) is 9.35. The molecular weight excluding hydrogens is 318 g/mol. The Kier molecular flexibility index (Phi) is 3.40. The van der Waals surface area contributed by atoms with Crippen LogP contribution in [0.15, 0.2) is 42.5 Å². The van der Waals surface area contributed by atoms with E-state index in [1.807, 2.05) is 0 Å². The van der Waals surface area contributed by atoms with Crippen LogP contribution in [0.3, 0.4) is 0 Å². The van der Waals surface area contributed by atoms with Gasteiger partial charge in [-0.1, -0.05) is 70.7 Å². The Balaban J connectivity index is 2.10. The van der Waals surface area contributed by atoms with Crippen molar-refractivity contribution in [2.75, 3.05) is 4.57 Å². The predicted octanol–water partition coefficient (Wildman–Crippen LogP) is 4.39. The molecule has 0 bridgehead atoms. The summed E-state index contributed by atoms with van der Waals surface area (Å²) in [7, 11) is -1.51. The van der Waals surface area contributed by atoms with Gasteiger partial charge in [0, 0.05) is 11.3 Å². The van der Waals surface area contributed by atoms with Crippen LogP contribution in [0.2, 0.25) is 19.6 Å². The molecule has 2 aromatic carbocycles. The van der Waals surface area contributed by atoms with Gasteiger partial charge in [-0.2, -0.15) is 0 Å². The van der Waals surface area contributed by atoms with Gasteiger partial charge >= 0.3 is 0 Å². The topological polar surface area (TPSA) is 3.24 Å². The van der Waals surface area contributed by atoms with Gasteiger partial charge in [-0.3, -0.25) is 0 Å². The Morgan fingerprint density at radius 1 is 0.920 bits per heavy atom. The molecule has 25 heavy (non-hydrogen) atoms.